The molecule has 0 radical (unpaired) electrons. The van der Waals surface area contributed by atoms with Crippen molar-refractivity contribution in [1.82, 2.24) is 19.8 Å². The third-order valence-corrected chi connectivity index (χ3v) is 5.92. The molecule has 1 N–H and O–H groups in total. The van der Waals surface area contributed by atoms with E-state index in [9.17, 15) is 0 Å². The SMILES string of the molecule is Cn1ccnc1CN(Cc1ccc(C#N)cc1)[C@H]1CC12CCNCC2. The Kier molecular flexibility index (Phi) is 4.32. The Bertz CT molecular complexity index is 764. The summed E-state index contributed by atoms with van der Waals surface area (Å²) in [5.74, 6) is 1.12. The summed E-state index contributed by atoms with van der Waals surface area (Å²) in [6, 6.07) is 10.8. The smallest absolute Gasteiger partial charge is 0.122 e. The first-order valence-electron chi connectivity index (χ1n) is 9.10. The van der Waals surface area contributed by atoms with Gasteiger partial charge in [-0.2, -0.15) is 5.26 Å². The molecule has 5 heteroatoms. The van der Waals surface area contributed by atoms with Gasteiger partial charge in [0.25, 0.3) is 0 Å². The number of imidazole rings is 1. The number of hydrogen-bond acceptors (Lipinski definition) is 4. The van der Waals surface area contributed by atoms with Crippen LogP contribution in [0.2, 0.25) is 0 Å². The second kappa shape index (κ2) is 6.62. The molecule has 4 rings (SSSR count). The Labute approximate surface area is 149 Å². The van der Waals surface area contributed by atoms with Gasteiger partial charge in [0.2, 0.25) is 0 Å². The molecule has 25 heavy (non-hydrogen) atoms. The number of piperidine rings is 1. The molecule has 130 valence electrons. The van der Waals surface area contributed by atoms with Crippen LogP contribution in [0.5, 0.6) is 0 Å². The number of rotatable bonds is 5. The summed E-state index contributed by atoms with van der Waals surface area (Å²) in [4.78, 5) is 7.13. The van der Waals surface area contributed by atoms with E-state index >= 15 is 0 Å². The number of benzene rings is 1. The number of aromatic nitrogens is 2. The van der Waals surface area contributed by atoms with Gasteiger partial charge in [-0.3, -0.25) is 4.90 Å². The molecule has 0 amide bonds. The van der Waals surface area contributed by atoms with Crippen LogP contribution in [0.15, 0.2) is 36.7 Å². The summed E-state index contributed by atoms with van der Waals surface area (Å²) in [7, 11) is 2.06. The Hall–Kier alpha value is -2.16. The summed E-state index contributed by atoms with van der Waals surface area (Å²) in [5.41, 5.74) is 2.49. The minimum atomic E-state index is 0.503. The second-order valence-electron chi connectivity index (χ2n) is 7.50. The fourth-order valence-corrected chi connectivity index (χ4v) is 4.23. The molecule has 1 saturated heterocycles. The highest BCUT2D eigenvalue weighted by molar-refractivity contribution is 5.31. The van der Waals surface area contributed by atoms with Gasteiger partial charge < -0.3 is 9.88 Å². The van der Waals surface area contributed by atoms with Gasteiger partial charge in [0.05, 0.1) is 18.2 Å². The first-order chi connectivity index (χ1) is 12.2. The number of aryl methyl sites for hydroxylation is 1. The van der Waals surface area contributed by atoms with Crippen molar-refractivity contribution in [3.8, 4) is 6.07 Å². The van der Waals surface area contributed by atoms with Gasteiger partial charge in [-0.05, 0) is 55.5 Å². The monoisotopic (exact) mass is 335 g/mol. The topological polar surface area (TPSA) is 56.9 Å². The summed E-state index contributed by atoms with van der Waals surface area (Å²) < 4.78 is 2.11. The molecule has 1 spiro atoms. The molecule has 1 aromatic carbocycles. The molecule has 5 nitrogen and oxygen atoms in total. The number of nitrogens with zero attached hydrogens (tertiary/aromatic N) is 4. The van der Waals surface area contributed by atoms with Gasteiger partial charge in [-0.15, -0.1) is 0 Å². The molecule has 1 aromatic heterocycles. The van der Waals surface area contributed by atoms with Crippen molar-refractivity contribution < 1.29 is 0 Å². The maximum Gasteiger partial charge on any atom is 0.122 e. The van der Waals surface area contributed by atoms with Crippen LogP contribution in [0.1, 0.15) is 36.2 Å². The lowest BCUT2D eigenvalue weighted by Gasteiger charge is -2.29. The normalized spacial score (nSPS) is 21.4. The third kappa shape index (κ3) is 3.33. The second-order valence-corrected chi connectivity index (χ2v) is 7.50. The minimum absolute atomic E-state index is 0.503. The zero-order chi connectivity index (χ0) is 17.3. The van der Waals surface area contributed by atoms with Crippen LogP contribution in [0.3, 0.4) is 0 Å². The van der Waals surface area contributed by atoms with E-state index in [2.05, 4.69) is 45.0 Å². The fourth-order valence-electron chi connectivity index (χ4n) is 4.23. The van der Waals surface area contributed by atoms with Crippen molar-refractivity contribution in [3.63, 3.8) is 0 Å². The molecule has 1 atom stereocenters. The van der Waals surface area contributed by atoms with E-state index < -0.39 is 0 Å². The van der Waals surface area contributed by atoms with Crippen LogP contribution in [-0.4, -0.2) is 33.6 Å². The fraction of sp³-hybridized carbons (Fsp3) is 0.500. The Morgan fingerprint density at radius 3 is 2.68 bits per heavy atom. The highest BCUT2D eigenvalue weighted by atomic mass is 15.2. The molecule has 2 heterocycles. The van der Waals surface area contributed by atoms with Gasteiger partial charge in [-0.25, -0.2) is 4.98 Å². The number of nitrogens with one attached hydrogen (secondary N) is 1. The molecule has 1 aliphatic carbocycles. The van der Waals surface area contributed by atoms with Gasteiger partial charge in [-0.1, -0.05) is 12.1 Å². The minimum Gasteiger partial charge on any atom is -0.337 e. The van der Waals surface area contributed by atoms with Crippen molar-refractivity contribution in [2.45, 2.75) is 38.4 Å². The van der Waals surface area contributed by atoms with Crippen LogP contribution in [-0.2, 0) is 20.1 Å². The quantitative estimate of drug-likeness (QED) is 0.912. The molecule has 0 unspecified atom stereocenters. The Morgan fingerprint density at radius 2 is 2.04 bits per heavy atom. The molecule has 1 aliphatic heterocycles. The Balaban J connectivity index is 1.53. The van der Waals surface area contributed by atoms with Crippen molar-refractivity contribution in [2.24, 2.45) is 12.5 Å². The lowest BCUT2D eigenvalue weighted by atomic mass is 9.93. The largest absolute Gasteiger partial charge is 0.337 e. The van der Waals surface area contributed by atoms with Crippen LogP contribution >= 0.6 is 0 Å². The summed E-state index contributed by atoms with van der Waals surface area (Å²) in [6.45, 7) is 4.08. The standard InChI is InChI=1S/C20H25N5/c1-24-11-10-23-19(24)15-25(14-17-4-2-16(13-21)3-5-17)18-12-20(18)6-8-22-9-7-20/h2-5,10-11,18,22H,6-9,12,14-15H2,1H3/t18-/m0/s1. The van der Waals surface area contributed by atoms with Crippen molar-refractivity contribution in [2.75, 3.05) is 13.1 Å². The summed E-state index contributed by atoms with van der Waals surface area (Å²) in [5, 5.41) is 12.5. The van der Waals surface area contributed by atoms with E-state index in [1.54, 1.807) is 0 Å². The maximum absolute atomic E-state index is 9.00. The molecular formula is C20H25N5. The predicted molar refractivity (Wildman–Crippen MR) is 96.6 cm³/mol. The zero-order valence-corrected chi connectivity index (χ0v) is 14.8. The average Bonchev–Trinajstić information content (AvgIpc) is 3.17. The van der Waals surface area contributed by atoms with Gasteiger partial charge >= 0.3 is 0 Å². The van der Waals surface area contributed by atoms with Crippen LogP contribution in [0, 0.1) is 16.7 Å². The highest BCUT2D eigenvalue weighted by Crippen LogP contribution is 2.56. The maximum atomic E-state index is 9.00. The molecular weight excluding hydrogens is 310 g/mol. The first-order valence-corrected chi connectivity index (χ1v) is 9.10. The number of hydrogen-bond donors (Lipinski definition) is 1. The predicted octanol–water partition coefficient (Wildman–Crippen LogP) is 2.44. The number of nitriles is 1. The molecule has 2 fully saturated rings. The van der Waals surface area contributed by atoms with Crippen molar-refractivity contribution in [1.29, 1.82) is 5.26 Å². The van der Waals surface area contributed by atoms with E-state index in [0.717, 1.165) is 37.6 Å². The molecule has 2 aliphatic rings. The van der Waals surface area contributed by atoms with E-state index in [1.165, 1.54) is 24.8 Å². The van der Waals surface area contributed by atoms with Gasteiger partial charge in [0.1, 0.15) is 5.82 Å². The Morgan fingerprint density at radius 1 is 1.28 bits per heavy atom. The van der Waals surface area contributed by atoms with Crippen LogP contribution in [0.25, 0.3) is 0 Å². The van der Waals surface area contributed by atoms with Crippen LogP contribution < -0.4 is 5.32 Å². The molecule has 0 bridgehead atoms. The molecule has 1 saturated carbocycles. The van der Waals surface area contributed by atoms with E-state index in [1.807, 2.05) is 24.5 Å². The highest BCUT2D eigenvalue weighted by Gasteiger charge is 2.56. The lowest BCUT2D eigenvalue weighted by molar-refractivity contribution is 0.183. The van der Waals surface area contributed by atoms with Crippen molar-refractivity contribution >= 4 is 0 Å². The molecule has 2 aromatic rings. The van der Waals surface area contributed by atoms with Crippen molar-refractivity contribution in [3.05, 3.63) is 53.6 Å². The first kappa shape index (κ1) is 16.3. The van der Waals surface area contributed by atoms with Gasteiger partial charge in [0.15, 0.2) is 0 Å². The zero-order valence-electron chi connectivity index (χ0n) is 14.8. The van der Waals surface area contributed by atoms with Crippen LogP contribution in [0.4, 0.5) is 0 Å². The van der Waals surface area contributed by atoms with Gasteiger partial charge in [0, 0.05) is 32.0 Å². The third-order valence-electron chi connectivity index (χ3n) is 5.92. The average molecular weight is 335 g/mol. The summed E-state index contributed by atoms with van der Waals surface area (Å²) in [6.07, 6.45) is 7.75. The lowest BCUT2D eigenvalue weighted by Crippen LogP contribution is -2.36. The van der Waals surface area contributed by atoms with E-state index in [-0.39, 0.29) is 0 Å². The van der Waals surface area contributed by atoms with E-state index in [4.69, 9.17) is 5.26 Å². The summed E-state index contributed by atoms with van der Waals surface area (Å²) >= 11 is 0. The van der Waals surface area contributed by atoms with E-state index in [0.29, 0.717) is 11.5 Å².